The number of aryl methyl sites for hydroxylation is 6. The van der Waals surface area contributed by atoms with Crippen molar-refractivity contribution < 1.29 is 28.4 Å². The van der Waals surface area contributed by atoms with Crippen LogP contribution in [0.1, 0.15) is 33.4 Å². The van der Waals surface area contributed by atoms with Crippen LogP contribution in [0.15, 0.2) is 455 Å². The molecule has 0 saturated carbocycles. The summed E-state index contributed by atoms with van der Waals surface area (Å²) in [6.45, 7) is 12.8. The smallest absolute Gasteiger partial charge is 0.260 e. The zero-order chi connectivity index (χ0) is 94.5. The second-order valence-electron chi connectivity index (χ2n) is 37.6. The normalized spacial score (nSPS) is 12.3. The topological polar surface area (TPSA) is 55.4 Å². The van der Waals surface area contributed by atoms with E-state index < -0.39 is 0 Å². The second-order valence-corrected chi connectivity index (χ2v) is 37.6. The molecule has 6 heterocycles. The minimum absolute atomic E-state index is 0.0605. The summed E-state index contributed by atoms with van der Waals surface area (Å²) in [4.78, 5) is 0. The molecule has 27 rings (SSSR count). The molecule has 0 radical (unpaired) electrons. The lowest BCUT2D eigenvalue weighted by atomic mass is 9.34. The highest BCUT2D eigenvalue weighted by Gasteiger charge is 2.48. The average Bonchev–Trinajstić information content (AvgIpc) is 0.712. The molecule has 0 N–H and O–H groups in total. The van der Waals surface area contributed by atoms with Gasteiger partial charge in [0.15, 0.2) is 0 Å². The number of rotatable bonds is 12. The fourth-order valence-electron chi connectivity index (χ4n) is 22.0. The third-order valence-corrected chi connectivity index (χ3v) is 29.1. The molecule has 21 aromatic carbocycles. The van der Waals surface area contributed by atoms with Crippen LogP contribution in [0.25, 0.3) is 134 Å². The average molecular weight is 1810 g/mol. The van der Waals surface area contributed by atoms with Crippen LogP contribution < -0.4 is 77.6 Å². The molecule has 0 fully saturated rings. The maximum atomic E-state index is 7.09. The lowest BCUT2D eigenvalue weighted by Crippen LogP contribution is -2.57. The molecule has 9 heteroatoms. The fraction of sp³-hybridized carbons (Fsp3) is 0.0455. The summed E-state index contributed by atoms with van der Waals surface area (Å²) in [5.74, 6) is 10.5. The third-order valence-electron chi connectivity index (χ3n) is 29.1. The molecule has 6 nitrogen and oxygen atoms in total. The van der Waals surface area contributed by atoms with E-state index in [9.17, 15) is 0 Å². The number of hydrogen-bond acceptors (Lipinski definition) is 6. The van der Waals surface area contributed by atoms with Gasteiger partial charge in [0.25, 0.3) is 20.1 Å². The Hall–Kier alpha value is -17.4. The van der Waals surface area contributed by atoms with E-state index in [-0.39, 0.29) is 20.1 Å². The van der Waals surface area contributed by atoms with Crippen molar-refractivity contribution in [1.29, 1.82) is 0 Å². The standard InChI is InChI=1S/3C44H31BO2/c1-28-13-9-11-19-34(28)33-22-24-39-41(26-33)46-43-36(31-17-7-4-8-18-31)27-37(35-20-12-10-14-29(35)2)44-42(43)45(39)38-23-21-32(25-40(38)47-44)30-15-5-3-6-16-30;1-28-13-9-11-19-34(28)33-22-24-39-41(26-33)47-44-37(35-20-12-10-14-29(35)2)27-36(31-17-7-4-8-18-31)43-42(44)45(39)38-23-21-32(25-40(38)46-43)30-15-5-3-6-16-30;1-28-13-9-11-19-34(28)36-27-37(35-20-12-10-14-29(35)2)44-42-43(36)46-40-25-32(30-15-5-3-6-16-30)21-23-38(40)45(42)39-24-22-33(26-41(39)47-44)31-17-7-4-8-18-31/h3*3-27H,1-2H3. The molecule has 0 aliphatic carbocycles. The summed E-state index contributed by atoms with van der Waals surface area (Å²) >= 11 is 0. The van der Waals surface area contributed by atoms with E-state index in [1.165, 1.54) is 66.8 Å². The summed E-state index contributed by atoms with van der Waals surface area (Å²) in [7, 11) is 0. The number of ether oxygens (including phenoxy) is 6. The maximum Gasteiger partial charge on any atom is 0.260 e. The highest BCUT2D eigenvalue weighted by atomic mass is 16.5. The van der Waals surface area contributed by atoms with Gasteiger partial charge in [-0.15, -0.1) is 0 Å². The van der Waals surface area contributed by atoms with Crippen molar-refractivity contribution in [3.63, 3.8) is 0 Å². The Morgan fingerprint density at radius 1 is 0.128 bits per heavy atom. The monoisotopic (exact) mass is 1810 g/mol. The predicted molar refractivity (Wildman–Crippen MR) is 586 cm³/mol. The molecular formula is C132H93B3O6. The van der Waals surface area contributed by atoms with E-state index in [1.54, 1.807) is 0 Å². The minimum atomic E-state index is -0.0612. The van der Waals surface area contributed by atoms with E-state index >= 15 is 0 Å². The van der Waals surface area contributed by atoms with Crippen LogP contribution in [0.5, 0.6) is 69.0 Å². The van der Waals surface area contributed by atoms with Crippen molar-refractivity contribution in [2.75, 3.05) is 0 Å². The molecule has 21 aromatic rings. The van der Waals surface area contributed by atoms with Gasteiger partial charge in [0, 0.05) is 49.8 Å². The van der Waals surface area contributed by atoms with Crippen LogP contribution in [0.2, 0.25) is 0 Å². The molecule has 0 aromatic heterocycles. The van der Waals surface area contributed by atoms with Crippen LogP contribution in [-0.2, 0) is 0 Å². The first-order valence-corrected chi connectivity index (χ1v) is 48.6. The van der Waals surface area contributed by atoms with Crippen molar-refractivity contribution in [1.82, 2.24) is 0 Å². The van der Waals surface area contributed by atoms with Gasteiger partial charge in [-0.3, -0.25) is 0 Å². The number of benzene rings is 21. The summed E-state index contributed by atoms with van der Waals surface area (Å²) in [6.07, 6.45) is 0. The van der Waals surface area contributed by atoms with Crippen LogP contribution in [-0.4, -0.2) is 20.1 Å². The highest BCUT2D eigenvalue weighted by molar-refractivity contribution is 7.00. The Kier molecular flexibility index (Phi) is 21.6. The van der Waals surface area contributed by atoms with Crippen molar-refractivity contribution in [3.05, 3.63) is 488 Å². The molecule has 666 valence electrons. The second kappa shape index (κ2) is 35.6. The van der Waals surface area contributed by atoms with Gasteiger partial charge in [-0.1, -0.05) is 400 Å². The lowest BCUT2D eigenvalue weighted by molar-refractivity contribution is 0.466. The van der Waals surface area contributed by atoms with Crippen LogP contribution in [0.4, 0.5) is 0 Å². The van der Waals surface area contributed by atoms with E-state index in [1.807, 2.05) is 0 Å². The minimum Gasteiger partial charge on any atom is -0.458 e. The van der Waals surface area contributed by atoms with Crippen LogP contribution in [0.3, 0.4) is 0 Å². The molecule has 141 heavy (non-hydrogen) atoms. The summed E-state index contributed by atoms with van der Waals surface area (Å²) in [5.41, 5.74) is 44.6. The Morgan fingerprint density at radius 2 is 0.298 bits per heavy atom. The summed E-state index contributed by atoms with van der Waals surface area (Å²) < 4.78 is 42.4. The van der Waals surface area contributed by atoms with Gasteiger partial charge in [-0.05, 0) is 262 Å². The quantitative estimate of drug-likeness (QED) is 0.114. The lowest BCUT2D eigenvalue weighted by Gasteiger charge is -2.36. The Balaban J connectivity index is 0.000000111. The predicted octanol–water partition coefficient (Wildman–Crippen LogP) is 29.1. The van der Waals surface area contributed by atoms with E-state index in [0.717, 1.165) is 218 Å². The Morgan fingerprint density at radius 3 is 0.518 bits per heavy atom. The first kappa shape index (κ1) is 85.3. The molecular weight excluding hydrogens is 1710 g/mol. The molecule has 0 atom stereocenters. The van der Waals surface area contributed by atoms with Gasteiger partial charge in [-0.25, -0.2) is 0 Å². The Bertz CT molecular complexity index is 8370. The third kappa shape index (κ3) is 15.2. The number of fused-ring (bicyclic) bond motifs is 12. The molecule has 6 aliphatic rings. The van der Waals surface area contributed by atoms with Gasteiger partial charge in [0.05, 0.1) is 0 Å². The van der Waals surface area contributed by atoms with E-state index in [4.69, 9.17) is 28.4 Å². The molecule has 0 spiro atoms. The van der Waals surface area contributed by atoms with Gasteiger partial charge >= 0.3 is 0 Å². The molecule has 6 aliphatic heterocycles. The van der Waals surface area contributed by atoms with Gasteiger partial charge < -0.3 is 28.4 Å². The van der Waals surface area contributed by atoms with Crippen LogP contribution >= 0.6 is 0 Å². The van der Waals surface area contributed by atoms with E-state index in [2.05, 4.69) is 497 Å². The van der Waals surface area contributed by atoms with Crippen LogP contribution in [0, 0.1) is 41.5 Å². The summed E-state index contributed by atoms with van der Waals surface area (Å²) in [5, 5.41) is 0. The summed E-state index contributed by atoms with van der Waals surface area (Å²) in [6, 6.07) is 162. The van der Waals surface area contributed by atoms with Gasteiger partial charge in [0.2, 0.25) is 0 Å². The first-order chi connectivity index (χ1) is 69.4. The molecule has 0 unspecified atom stereocenters. The Labute approximate surface area is 824 Å². The molecule has 0 amide bonds. The first-order valence-electron chi connectivity index (χ1n) is 48.6. The maximum absolute atomic E-state index is 7.09. The fourth-order valence-corrected chi connectivity index (χ4v) is 22.0. The largest absolute Gasteiger partial charge is 0.458 e. The SMILES string of the molecule is Cc1ccccc1-c1cc(-c2ccccc2C)c2c3c1Oc1cc(-c4ccccc4)ccc1B3c1ccc(-c3ccccc3)cc1O2.Cc1ccccc1-c1ccc2c(c1)Oc1c(-c3ccccc3)cc(-c3ccccc3C)c3c1B2c1ccc(-c2ccccc2)cc1O3.Cc1ccccc1-c1ccc2c(c1)Oc1c(-c3ccccc3C)cc(-c3ccccc3)c3c1B2c1ccc(-c2ccccc2)cc1O3. The van der Waals surface area contributed by atoms with Crippen molar-refractivity contribution >= 4 is 69.3 Å². The van der Waals surface area contributed by atoms with Gasteiger partial charge in [-0.2, -0.15) is 0 Å². The van der Waals surface area contributed by atoms with Gasteiger partial charge in [0.1, 0.15) is 69.0 Å². The van der Waals surface area contributed by atoms with Crippen molar-refractivity contribution in [3.8, 4) is 203 Å². The van der Waals surface area contributed by atoms with Crippen molar-refractivity contribution in [2.45, 2.75) is 41.5 Å². The van der Waals surface area contributed by atoms with Crippen molar-refractivity contribution in [2.24, 2.45) is 0 Å². The molecule has 0 bridgehead atoms. The number of hydrogen-bond donors (Lipinski definition) is 0. The zero-order valence-electron chi connectivity index (χ0n) is 79.0. The molecule has 0 saturated heterocycles. The highest BCUT2D eigenvalue weighted by Crippen LogP contribution is 2.53. The zero-order valence-corrected chi connectivity index (χ0v) is 79.0. The van der Waals surface area contributed by atoms with E-state index in [0.29, 0.717) is 0 Å².